The SMILES string of the molecule is CCOC(=O)CC/C(=C\c1ccc(C)cc1)C(=O)OCC. The molecule has 21 heavy (non-hydrogen) atoms. The molecule has 0 saturated heterocycles. The van der Waals surface area contributed by atoms with Crippen molar-refractivity contribution >= 4 is 18.0 Å². The average molecular weight is 290 g/mol. The lowest BCUT2D eigenvalue weighted by Gasteiger charge is -2.07. The van der Waals surface area contributed by atoms with Gasteiger partial charge in [-0.05, 0) is 38.8 Å². The molecule has 0 radical (unpaired) electrons. The van der Waals surface area contributed by atoms with E-state index in [1.54, 1.807) is 19.9 Å². The second kappa shape index (κ2) is 8.95. The Kier molecular flexibility index (Phi) is 7.23. The Morgan fingerprint density at radius 3 is 2.19 bits per heavy atom. The van der Waals surface area contributed by atoms with E-state index in [1.807, 2.05) is 31.2 Å². The minimum atomic E-state index is -0.387. The molecule has 0 fully saturated rings. The molecule has 4 nitrogen and oxygen atoms in total. The second-order valence-electron chi connectivity index (χ2n) is 4.61. The number of hydrogen-bond donors (Lipinski definition) is 0. The highest BCUT2D eigenvalue weighted by atomic mass is 16.5. The minimum absolute atomic E-state index is 0.171. The summed E-state index contributed by atoms with van der Waals surface area (Å²) in [6.45, 7) is 6.16. The molecule has 0 spiro atoms. The summed E-state index contributed by atoms with van der Waals surface area (Å²) in [5.74, 6) is -0.695. The lowest BCUT2D eigenvalue weighted by Crippen LogP contribution is -2.11. The molecule has 0 aromatic heterocycles. The number of ether oxygens (including phenoxy) is 2. The van der Waals surface area contributed by atoms with E-state index in [1.165, 1.54) is 0 Å². The zero-order chi connectivity index (χ0) is 15.7. The Morgan fingerprint density at radius 2 is 1.62 bits per heavy atom. The van der Waals surface area contributed by atoms with Crippen LogP contribution in [0, 0.1) is 6.92 Å². The highest BCUT2D eigenvalue weighted by Gasteiger charge is 2.13. The number of carbonyl (C=O) groups excluding carboxylic acids is 2. The van der Waals surface area contributed by atoms with E-state index in [0.717, 1.165) is 11.1 Å². The molecular weight excluding hydrogens is 268 g/mol. The van der Waals surface area contributed by atoms with Crippen LogP contribution in [0.5, 0.6) is 0 Å². The van der Waals surface area contributed by atoms with Gasteiger partial charge in [-0.25, -0.2) is 4.79 Å². The maximum Gasteiger partial charge on any atom is 0.334 e. The third-order valence-corrected chi connectivity index (χ3v) is 2.86. The Hall–Kier alpha value is -2.10. The number of rotatable bonds is 7. The standard InChI is InChI=1S/C17H22O4/c1-4-20-16(18)11-10-15(17(19)21-5-2)12-14-8-6-13(3)7-9-14/h6-9,12H,4-5,10-11H2,1-3H3/b15-12+. The summed E-state index contributed by atoms with van der Waals surface area (Å²) in [7, 11) is 0. The number of carbonyl (C=O) groups is 2. The summed E-state index contributed by atoms with van der Waals surface area (Å²) in [5, 5.41) is 0. The molecule has 0 aliphatic heterocycles. The smallest absolute Gasteiger partial charge is 0.334 e. The zero-order valence-corrected chi connectivity index (χ0v) is 12.8. The molecule has 0 heterocycles. The summed E-state index contributed by atoms with van der Waals surface area (Å²) in [6, 6.07) is 7.80. The van der Waals surface area contributed by atoms with Crippen LogP contribution in [0.4, 0.5) is 0 Å². The van der Waals surface area contributed by atoms with Gasteiger partial charge < -0.3 is 9.47 Å². The van der Waals surface area contributed by atoms with Crippen LogP contribution in [0.1, 0.15) is 37.8 Å². The highest BCUT2D eigenvalue weighted by molar-refractivity contribution is 5.94. The van der Waals surface area contributed by atoms with Gasteiger partial charge in [0.05, 0.1) is 13.2 Å². The first-order valence-electron chi connectivity index (χ1n) is 7.16. The van der Waals surface area contributed by atoms with Gasteiger partial charge in [-0.15, -0.1) is 0 Å². The van der Waals surface area contributed by atoms with Gasteiger partial charge in [0.25, 0.3) is 0 Å². The van der Waals surface area contributed by atoms with Crippen LogP contribution in [0.15, 0.2) is 29.8 Å². The molecule has 1 rings (SSSR count). The molecule has 0 amide bonds. The third-order valence-electron chi connectivity index (χ3n) is 2.86. The van der Waals surface area contributed by atoms with Gasteiger partial charge >= 0.3 is 11.9 Å². The number of aryl methyl sites for hydroxylation is 1. The topological polar surface area (TPSA) is 52.6 Å². The summed E-state index contributed by atoms with van der Waals surface area (Å²) >= 11 is 0. The fraction of sp³-hybridized carbons (Fsp3) is 0.412. The number of benzene rings is 1. The quantitative estimate of drug-likeness (QED) is 0.571. The van der Waals surface area contributed by atoms with Crippen LogP contribution in [-0.4, -0.2) is 25.2 Å². The van der Waals surface area contributed by atoms with E-state index in [0.29, 0.717) is 25.2 Å². The maximum atomic E-state index is 11.9. The third kappa shape index (κ3) is 6.25. The van der Waals surface area contributed by atoms with Crippen LogP contribution in [0.3, 0.4) is 0 Å². The second-order valence-corrected chi connectivity index (χ2v) is 4.61. The lowest BCUT2D eigenvalue weighted by atomic mass is 10.1. The molecule has 0 atom stereocenters. The molecule has 0 aliphatic rings. The summed E-state index contributed by atoms with van der Waals surface area (Å²) < 4.78 is 9.91. The monoisotopic (exact) mass is 290 g/mol. The Labute approximate surface area is 125 Å². The van der Waals surface area contributed by atoms with Crippen molar-refractivity contribution in [3.05, 3.63) is 41.0 Å². The van der Waals surface area contributed by atoms with Crippen molar-refractivity contribution in [3.8, 4) is 0 Å². The molecule has 0 unspecified atom stereocenters. The molecule has 114 valence electrons. The number of hydrogen-bond acceptors (Lipinski definition) is 4. The Bertz CT molecular complexity index is 500. The van der Waals surface area contributed by atoms with Crippen LogP contribution < -0.4 is 0 Å². The van der Waals surface area contributed by atoms with E-state index in [2.05, 4.69) is 0 Å². The van der Waals surface area contributed by atoms with Crippen molar-refractivity contribution in [2.24, 2.45) is 0 Å². The van der Waals surface area contributed by atoms with E-state index < -0.39 is 0 Å². The summed E-state index contributed by atoms with van der Waals surface area (Å²) in [6.07, 6.45) is 2.24. The molecule has 0 saturated carbocycles. The predicted octanol–water partition coefficient (Wildman–Crippen LogP) is 3.28. The highest BCUT2D eigenvalue weighted by Crippen LogP contribution is 2.15. The molecule has 0 bridgehead atoms. The molecule has 0 N–H and O–H groups in total. The van der Waals surface area contributed by atoms with Crippen molar-refractivity contribution in [1.82, 2.24) is 0 Å². The van der Waals surface area contributed by atoms with Gasteiger partial charge in [0, 0.05) is 12.0 Å². The predicted molar refractivity (Wildman–Crippen MR) is 81.7 cm³/mol. The normalized spacial score (nSPS) is 11.1. The average Bonchev–Trinajstić information content (AvgIpc) is 2.46. The van der Waals surface area contributed by atoms with Crippen molar-refractivity contribution in [3.63, 3.8) is 0 Å². The summed E-state index contributed by atoms with van der Waals surface area (Å²) in [5.41, 5.74) is 2.54. The van der Waals surface area contributed by atoms with Crippen LogP contribution in [0.25, 0.3) is 6.08 Å². The van der Waals surface area contributed by atoms with Gasteiger partial charge in [-0.2, -0.15) is 0 Å². The van der Waals surface area contributed by atoms with Gasteiger partial charge in [0.1, 0.15) is 0 Å². The van der Waals surface area contributed by atoms with Crippen LogP contribution in [-0.2, 0) is 19.1 Å². The number of esters is 2. The largest absolute Gasteiger partial charge is 0.466 e. The molecule has 4 heteroatoms. The maximum absolute atomic E-state index is 11.9. The molecular formula is C17H22O4. The molecule has 1 aromatic rings. The van der Waals surface area contributed by atoms with Crippen molar-refractivity contribution in [2.45, 2.75) is 33.6 Å². The fourth-order valence-electron chi connectivity index (χ4n) is 1.79. The van der Waals surface area contributed by atoms with E-state index in [9.17, 15) is 9.59 Å². The van der Waals surface area contributed by atoms with E-state index in [-0.39, 0.29) is 18.4 Å². The van der Waals surface area contributed by atoms with Gasteiger partial charge in [-0.3, -0.25) is 4.79 Å². The zero-order valence-electron chi connectivity index (χ0n) is 12.8. The first-order valence-corrected chi connectivity index (χ1v) is 7.16. The Balaban J connectivity index is 2.83. The fourth-order valence-corrected chi connectivity index (χ4v) is 1.79. The molecule has 1 aromatic carbocycles. The first kappa shape index (κ1) is 17.0. The Morgan fingerprint density at radius 1 is 1.00 bits per heavy atom. The van der Waals surface area contributed by atoms with Gasteiger partial charge in [0.15, 0.2) is 0 Å². The van der Waals surface area contributed by atoms with Crippen LogP contribution in [0.2, 0.25) is 0 Å². The first-order chi connectivity index (χ1) is 10.1. The summed E-state index contributed by atoms with van der Waals surface area (Å²) in [4.78, 5) is 23.4. The minimum Gasteiger partial charge on any atom is -0.466 e. The van der Waals surface area contributed by atoms with Crippen LogP contribution >= 0.6 is 0 Å². The van der Waals surface area contributed by atoms with Crippen molar-refractivity contribution in [1.29, 1.82) is 0 Å². The van der Waals surface area contributed by atoms with Crippen molar-refractivity contribution in [2.75, 3.05) is 13.2 Å². The van der Waals surface area contributed by atoms with E-state index in [4.69, 9.17) is 9.47 Å². The van der Waals surface area contributed by atoms with Gasteiger partial charge in [0.2, 0.25) is 0 Å². The van der Waals surface area contributed by atoms with Gasteiger partial charge in [-0.1, -0.05) is 29.8 Å². The van der Waals surface area contributed by atoms with Crippen molar-refractivity contribution < 1.29 is 19.1 Å². The lowest BCUT2D eigenvalue weighted by molar-refractivity contribution is -0.143. The van der Waals surface area contributed by atoms with E-state index >= 15 is 0 Å². The molecule has 0 aliphatic carbocycles.